The zero-order valence-electron chi connectivity index (χ0n) is 15.8. The highest BCUT2D eigenvalue weighted by atomic mass is 32.2. The van der Waals surface area contributed by atoms with Gasteiger partial charge in [0.05, 0.1) is 5.69 Å². The molecule has 0 bridgehead atoms. The molecule has 2 aromatic rings. The third-order valence-corrected chi connectivity index (χ3v) is 6.92. The number of rotatable bonds is 7. The van der Waals surface area contributed by atoms with Gasteiger partial charge in [0, 0.05) is 30.9 Å². The fourth-order valence-corrected chi connectivity index (χ4v) is 5.01. The van der Waals surface area contributed by atoms with E-state index in [4.69, 9.17) is 5.41 Å². The number of aromatic nitrogens is 1. The van der Waals surface area contributed by atoms with Gasteiger partial charge in [-0.25, -0.2) is 13.4 Å². The number of sulfonamides is 1. The minimum absolute atomic E-state index is 0.0938. The van der Waals surface area contributed by atoms with E-state index in [2.05, 4.69) is 23.7 Å². The second-order valence-electron chi connectivity index (χ2n) is 6.65. The summed E-state index contributed by atoms with van der Waals surface area (Å²) in [5, 5.41) is 7.37. The highest BCUT2D eigenvalue weighted by Crippen LogP contribution is 2.25. The summed E-state index contributed by atoms with van der Waals surface area (Å²) >= 11 is 0. The van der Waals surface area contributed by atoms with E-state index in [-0.39, 0.29) is 11.1 Å². The molecule has 144 valence electrons. The van der Waals surface area contributed by atoms with Gasteiger partial charge in [0.15, 0.2) is 5.03 Å². The van der Waals surface area contributed by atoms with Crippen LogP contribution in [0.3, 0.4) is 0 Å². The van der Waals surface area contributed by atoms with Crippen molar-refractivity contribution in [3.63, 3.8) is 0 Å². The third kappa shape index (κ3) is 4.10. The predicted octanol–water partition coefficient (Wildman–Crippen LogP) is 2.85. The number of hydrogen-bond acceptors (Lipinski definition) is 5. The molecule has 1 aliphatic heterocycles. The molecule has 1 saturated heterocycles. The van der Waals surface area contributed by atoms with Crippen LogP contribution in [0.15, 0.2) is 47.5 Å². The van der Waals surface area contributed by atoms with Crippen LogP contribution in [0.4, 0.5) is 0 Å². The van der Waals surface area contributed by atoms with E-state index < -0.39 is 10.0 Å². The van der Waals surface area contributed by atoms with Gasteiger partial charge in [-0.15, -0.1) is 0 Å². The minimum atomic E-state index is -3.61. The molecule has 0 radical (unpaired) electrons. The topological polar surface area (TPSA) is 77.4 Å². The van der Waals surface area contributed by atoms with Crippen LogP contribution >= 0.6 is 0 Å². The number of nitrogens with zero attached hydrogens (tertiary/aromatic N) is 3. The second kappa shape index (κ2) is 8.29. The van der Waals surface area contributed by atoms with E-state index in [9.17, 15) is 8.42 Å². The molecule has 0 amide bonds. The van der Waals surface area contributed by atoms with Crippen molar-refractivity contribution in [2.75, 3.05) is 26.2 Å². The van der Waals surface area contributed by atoms with Crippen molar-refractivity contribution in [1.82, 2.24) is 14.2 Å². The monoisotopic (exact) mass is 386 g/mol. The summed E-state index contributed by atoms with van der Waals surface area (Å²) in [6, 6.07) is 12.7. The van der Waals surface area contributed by atoms with Gasteiger partial charge in [0.1, 0.15) is 0 Å². The first-order valence-electron chi connectivity index (χ1n) is 9.31. The lowest BCUT2D eigenvalue weighted by Crippen LogP contribution is -2.38. The Kier molecular flexibility index (Phi) is 6.04. The van der Waals surface area contributed by atoms with Crippen LogP contribution < -0.4 is 0 Å². The SMILES string of the molecule is CCN(CC)C1CCN(S(=O)(=O)c2cccc(-c3ccc(C=N)cc3)n2)C1. The molecule has 6 nitrogen and oxygen atoms in total. The summed E-state index contributed by atoms with van der Waals surface area (Å²) in [5.41, 5.74) is 2.24. The maximum atomic E-state index is 13.1. The van der Waals surface area contributed by atoms with Crippen molar-refractivity contribution in [3.05, 3.63) is 48.0 Å². The lowest BCUT2D eigenvalue weighted by molar-refractivity contribution is 0.224. The molecular weight excluding hydrogens is 360 g/mol. The summed E-state index contributed by atoms with van der Waals surface area (Å²) in [4.78, 5) is 6.73. The van der Waals surface area contributed by atoms with Crippen molar-refractivity contribution < 1.29 is 8.42 Å². The molecule has 0 saturated carbocycles. The summed E-state index contributed by atoms with van der Waals surface area (Å²) in [6.07, 6.45) is 2.13. The Morgan fingerprint density at radius 1 is 1.19 bits per heavy atom. The van der Waals surface area contributed by atoms with Crippen molar-refractivity contribution in [3.8, 4) is 11.3 Å². The molecule has 27 heavy (non-hydrogen) atoms. The van der Waals surface area contributed by atoms with Crippen LogP contribution in [0.5, 0.6) is 0 Å². The van der Waals surface area contributed by atoms with E-state index >= 15 is 0 Å². The van der Waals surface area contributed by atoms with Crippen LogP contribution in [0.25, 0.3) is 11.3 Å². The maximum absolute atomic E-state index is 13.1. The Bertz CT molecular complexity index is 892. The largest absolute Gasteiger partial charge is 0.308 e. The van der Waals surface area contributed by atoms with Gasteiger partial charge in [0.2, 0.25) is 0 Å². The molecular formula is C20H26N4O2S. The maximum Gasteiger partial charge on any atom is 0.260 e. The van der Waals surface area contributed by atoms with Crippen LogP contribution in [-0.4, -0.2) is 61.0 Å². The molecule has 1 fully saturated rings. The molecule has 1 unspecified atom stereocenters. The lowest BCUT2D eigenvalue weighted by atomic mass is 10.1. The summed E-state index contributed by atoms with van der Waals surface area (Å²) in [5.74, 6) is 0. The molecule has 1 aromatic carbocycles. The number of hydrogen-bond donors (Lipinski definition) is 1. The average Bonchev–Trinajstić information content (AvgIpc) is 3.20. The molecule has 0 spiro atoms. The first kappa shape index (κ1) is 19.7. The summed E-state index contributed by atoms with van der Waals surface area (Å²) in [6.45, 7) is 7.11. The molecule has 3 rings (SSSR count). The fraction of sp³-hybridized carbons (Fsp3) is 0.400. The zero-order valence-corrected chi connectivity index (χ0v) is 16.6. The van der Waals surface area contributed by atoms with Gasteiger partial charge in [-0.05, 0) is 37.2 Å². The summed E-state index contributed by atoms with van der Waals surface area (Å²) in [7, 11) is -3.61. The first-order chi connectivity index (χ1) is 13.0. The molecule has 2 heterocycles. The molecule has 1 aliphatic rings. The normalized spacial score (nSPS) is 18.1. The number of pyridine rings is 1. The minimum Gasteiger partial charge on any atom is -0.308 e. The number of benzene rings is 1. The number of likely N-dealkylation sites (N-methyl/N-ethyl adjacent to an activating group) is 1. The van der Waals surface area contributed by atoms with Crippen LogP contribution in [0, 0.1) is 5.41 Å². The average molecular weight is 387 g/mol. The van der Waals surface area contributed by atoms with Gasteiger partial charge < -0.3 is 5.41 Å². The quantitative estimate of drug-likeness (QED) is 0.742. The van der Waals surface area contributed by atoms with E-state index in [0.29, 0.717) is 18.8 Å². The van der Waals surface area contributed by atoms with Gasteiger partial charge in [-0.2, -0.15) is 4.31 Å². The van der Waals surface area contributed by atoms with Crippen molar-refractivity contribution in [2.45, 2.75) is 31.3 Å². The fourth-order valence-electron chi connectivity index (χ4n) is 3.57. The zero-order chi connectivity index (χ0) is 19.4. The van der Waals surface area contributed by atoms with E-state index in [1.165, 1.54) is 6.21 Å². The molecule has 1 aromatic heterocycles. The van der Waals surface area contributed by atoms with Crippen LogP contribution in [0.2, 0.25) is 0 Å². The predicted molar refractivity (Wildman–Crippen MR) is 108 cm³/mol. The summed E-state index contributed by atoms with van der Waals surface area (Å²) < 4.78 is 27.7. The first-order valence-corrected chi connectivity index (χ1v) is 10.8. The molecule has 1 atom stereocenters. The van der Waals surface area contributed by atoms with E-state index in [1.807, 2.05) is 24.3 Å². The molecule has 7 heteroatoms. The van der Waals surface area contributed by atoms with Gasteiger partial charge in [0.25, 0.3) is 10.0 Å². The molecule has 1 N–H and O–H groups in total. The van der Waals surface area contributed by atoms with Gasteiger partial charge in [-0.3, -0.25) is 4.90 Å². The Labute approximate surface area is 161 Å². The van der Waals surface area contributed by atoms with E-state index in [1.54, 1.807) is 22.5 Å². The highest BCUT2D eigenvalue weighted by Gasteiger charge is 2.35. The van der Waals surface area contributed by atoms with E-state index in [0.717, 1.165) is 30.6 Å². The van der Waals surface area contributed by atoms with Gasteiger partial charge in [-0.1, -0.05) is 44.2 Å². The van der Waals surface area contributed by atoms with Crippen LogP contribution in [0.1, 0.15) is 25.8 Å². The molecule has 0 aliphatic carbocycles. The Morgan fingerprint density at radius 2 is 1.89 bits per heavy atom. The highest BCUT2D eigenvalue weighted by molar-refractivity contribution is 7.89. The van der Waals surface area contributed by atoms with Crippen LogP contribution in [-0.2, 0) is 10.0 Å². The Morgan fingerprint density at radius 3 is 2.52 bits per heavy atom. The van der Waals surface area contributed by atoms with Crippen molar-refractivity contribution in [2.24, 2.45) is 0 Å². The number of nitrogens with one attached hydrogen (secondary N) is 1. The second-order valence-corrected chi connectivity index (χ2v) is 8.54. The third-order valence-electron chi connectivity index (χ3n) is 5.16. The standard InChI is InChI=1S/C20H26N4O2S/c1-3-23(4-2)18-12-13-24(15-18)27(25,26)20-7-5-6-19(22-20)17-10-8-16(14-21)9-11-17/h5-11,14,18,21H,3-4,12-13,15H2,1-2H3. The Hall–Kier alpha value is -2.09. The Balaban J connectivity index is 1.84. The smallest absolute Gasteiger partial charge is 0.260 e. The lowest BCUT2D eigenvalue weighted by Gasteiger charge is -2.26. The van der Waals surface area contributed by atoms with Crippen molar-refractivity contribution >= 4 is 16.2 Å². The van der Waals surface area contributed by atoms with Crippen molar-refractivity contribution in [1.29, 1.82) is 5.41 Å². The van der Waals surface area contributed by atoms with Gasteiger partial charge >= 0.3 is 0 Å².